The highest BCUT2D eigenvalue weighted by Gasteiger charge is 2.13. The normalized spacial score (nSPS) is 11.1. The summed E-state index contributed by atoms with van der Waals surface area (Å²) in [4.78, 5) is 2.02. The van der Waals surface area contributed by atoms with E-state index in [9.17, 15) is 5.11 Å². The first-order chi connectivity index (χ1) is 8.49. The van der Waals surface area contributed by atoms with Crippen molar-refractivity contribution in [1.29, 1.82) is 0 Å². The minimum absolute atomic E-state index is 0.285. The summed E-state index contributed by atoms with van der Waals surface area (Å²) in [7, 11) is 3.94. The number of rotatable bonds is 3. The van der Waals surface area contributed by atoms with Gasteiger partial charge in [0.1, 0.15) is 11.6 Å². The Morgan fingerprint density at radius 3 is 2.67 bits per heavy atom. The van der Waals surface area contributed by atoms with Crippen molar-refractivity contribution in [3.63, 3.8) is 0 Å². The van der Waals surface area contributed by atoms with Crippen molar-refractivity contribution in [2.45, 2.75) is 13.5 Å². The quantitative estimate of drug-likeness (QED) is 0.770. The fourth-order valence-electron chi connectivity index (χ4n) is 1.95. The number of benzene rings is 1. The highest BCUT2D eigenvalue weighted by atomic mass is 16.3. The summed E-state index contributed by atoms with van der Waals surface area (Å²) in [5, 5.41) is 17.1. The smallest absolute Gasteiger partial charge is 0.145 e. The molecule has 18 heavy (non-hydrogen) atoms. The lowest BCUT2D eigenvalue weighted by Gasteiger charge is -2.15. The molecule has 96 valence electrons. The molecular formula is C13H18N4O. The predicted molar refractivity (Wildman–Crippen MR) is 72.2 cm³/mol. The number of nitrogens with zero attached hydrogens (tertiary/aromatic N) is 2. The molecule has 4 N–H and O–H groups in total. The van der Waals surface area contributed by atoms with E-state index in [1.807, 2.05) is 38.1 Å². The Bertz CT molecular complexity index is 560. The average Bonchev–Trinajstić information content (AvgIpc) is 2.70. The first-order valence-electron chi connectivity index (χ1n) is 5.76. The molecule has 0 radical (unpaired) electrons. The number of nitrogens with one attached hydrogen (secondary N) is 1. The lowest BCUT2D eigenvalue weighted by Crippen LogP contribution is -2.12. The minimum Gasteiger partial charge on any atom is -0.507 e. The maximum Gasteiger partial charge on any atom is 0.145 e. The molecule has 0 spiro atoms. The number of aromatic nitrogens is 2. The number of anilines is 1. The number of aromatic hydroxyl groups is 1. The highest BCUT2D eigenvalue weighted by molar-refractivity contribution is 5.71. The third-order valence-corrected chi connectivity index (χ3v) is 2.88. The third-order valence-electron chi connectivity index (χ3n) is 2.88. The van der Waals surface area contributed by atoms with E-state index in [0.29, 0.717) is 12.4 Å². The number of H-pyrrole nitrogens is 1. The molecule has 2 aromatic rings. The lowest BCUT2D eigenvalue weighted by molar-refractivity contribution is 0.385. The van der Waals surface area contributed by atoms with E-state index in [4.69, 9.17) is 5.73 Å². The Balaban J connectivity index is 2.50. The molecule has 1 heterocycles. The SMILES string of the molecule is Cc1ccc(-c2cc(N)n[nH]2)c(O)c1CN(C)C. The van der Waals surface area contributed by atoms with E-state index in [1.165, 1.54) is 0 Å². The zero-order valence-corrected chi connectivity index (χ0v) is 10.9. The van der Waals surface area contributed by atoms with Crippen LogP contribution in [0.3, 0.4) is 0 Å². The Morgan fingerprint density at radius 2 is 2.11 bits per heavy atom. The zero-order valence-electron chi connectivity index (χ0n) is 10.9. The van der Waals surface area contributed by atoms with Crippen molar-refractivity contribution >= 4 is 5.82 Å². The number of aryl methyl sites for hydroxylation is 1. The molecule has 0 unspecified atom stereocenters. The molecule has 0 saturated heterocycles. The van der Waals surface area contributed by atoms with Gasteiger partial charge in [-0.25, -0.2) is 0 Å². The van der Waals surface area contributed by atoms with Crippen LogP contribution in [-0.2, 0) is 6.54 Å². The highest BCUT2D eigenvalue weighted by Crippen LogP contribution is 2.34. The van der Waals surface area contributed by atoms with E-state index in [1.54, 1.807) is 6.07 Å². The van der Waals surface area contributed by atoms with Gasteiger partial charge in [-0.05, 0) is 32.6 Å². The van der Waals surface area contributed by atoms with Crippen LogP contribution in [0.5, 0.6) is 5.75 Å². The summed E-state index contributed by atoms with van der Waals surface area (Å²) in [6.45, 7) is 2.68. The molecule has 0 aliphatic heterocycles. The molecule has 5 nitrogen and oxygen atoms in total. The maximum atomic E-state index is 10.4. The number of hydrogen-bond acceptors (Lipinski definition) is 4. The predicted octanol–water partition coefficient (Wildman–Crippen LogP) is 1.73. The third kappa shape index (κ3) is 2.31. The average molecular weight is 246 g/mol. The molecule has 1 aromatic carbocycles. The van der Waals surface area contributed by atoms with Gasteiger partial charge in [0.25, 0.3) is 0 Å². The first kappa shape index (κ1) is 12.4. The van der Waals surface area contributed by atoms with Crippen molar-refractivity contribution in [2.75, 3.05) is 19.8 Å². The van der Waals surface area contributed by atoms with Gasteiger partial charge in [0, 0.05) is 23.7 Å². The molecule has 0 aliphatic rings. The summed E-state index contributed by atoms with van der Waals surface area (Å²) < 4.78 is 0. The van der Waals surface area contributed by atoms with Crippen molar-refractivity contribution < 1.29 is 5.11 Å². The van der Waals surface area contributed by atoms with Gasteiger partial charge in [0.05, 0.1) is 5.69 Å². The van der Waals surface area contributed by atoms with Crippen LogP contribution in [0.4, 0.5) is 5.82 Å². The van der Waals surface area contributed by atoms with Crippen LogP contribution in [-0.4, -0.2) is 34.3 Å². The van der Waals surface area contributed by atoms with E-state index >= 15 is 0 Å². The number of phenolic OH excluding ortho intramolecular Hbond substituents is 1. The molecule has 0 bridgehead atoms. The van der Waals surface area contributed by atoms with E-state index < -0.39 is 0 Å². The molecule has 1 aromatic heterocycles. The summed E-state index contributed by atoms with van der Waals surface area (Å²) in [5.41, 5.74) is 9.02. The second kappa shape index (κ2) is 4.70. The van der Waals surface area contributed by atoms with Crippen molar-refractivity contribution in [1.82, 2.24) is 15.1 Å². The summed E-state index contributed by atoms with van der Waals surface area (Å²) in [5.74, 6) is 0.700. The molecule has 0 atom stereocenters. The van der Waals surface area contributed by atoms with Crippen LogP contribution >= 0.6 is 0 Å². The van der Waals surface area contributed by atoms with Crippen molar-refractivity contribution in [2.24, 2.45) is 0 Å². The van der Waals surface area contributed by atoms with Gasteiger partial charge in [0.15, 0.2) is 0 Å². The van der Waals surface area contributed by atoms with Crippen LogP contribution in [0.2, 0.25) is 0 Å². The summed E-state index contributed by atoms with van der Waals surface area (Å²) in [6.07, 6.45) is 0. The zero-order chi connectivity index (χ0) is 13.3. The monoisotopic (exact) mass is 246 g/mol. The molecular weight excluding hydrogens is 228 g/mol. The number of phenols is 1. The van der Waals surface area contributed by atoms with Crippen LogP contribution in [0.25, 0.3) is 11.3 Å². The molecule has 0 saturated carbocycles. The van der Waals surface area contributed by atoms with Crippen molar-refractivity contribution in [3.8, 4) is 17.0 Å². The van der Waals surface area contributed by atoms with Gasteiger partial charge in [-0.1, -0.05) is 6.07 Å². The number of hydrogen-bond donors (Lipinski definition) is 3. The molecule has 0 amide bonds. The first-order valence-corrected chi connectivity index (χ1v) is 5.76. The summed E-state index contributed by atoms with van der Waals surface area (Å²) in [6, 6.07) is 5.57. The molecule has 0 aliphatic carbocycles. The van der Waals surface area contributed by atoms with E-state index in [0.717, 1.165) is 22.4 Å². The van der Waals surface area contributed by atoms with Crippen LogP contribution in [0.1, 0.15) is 11.1 Å². The topological polar surface area (TPSA) is 78.2 Å². The minimum atomic E-state index is 0.285. The second-order valence-electron chi connectivity index (χ2n) is 4.70. The Morgan fingerprint density at radius 1 is 1.39 bits per heavy atom. The fourth-order valence-corrected chi connectivity index (χ4v) is 1.95. The largest absolute Gasteiger partial charge is 0.507 e. The Labute approximate surface area is 106 Å². The van der Waals surface area contributed by atoms with Crippen LogP contribution in [0, 0.1) is 6.92 Å². The van der Waals surface area contributed by atoms with Gasteiger partial charge in [0.2, 0.25) is 0 Å². The number of nitrogen functional groups attached to an aromatic ring is 1. The van der Waals surface area contributed by atoms with Gasteiger partial charge >= 0.3 is 0 Å². The van der Waals surface area contributed by atoms with E-state index in [2.05, 4.69) is 10.2 Å². The van der Waals surface area contributed by atoms with Crippen LogP contribution in [0.15, 0.2) is 18.2 Å². The molecule has 0 fully saturated rings. The number of aromatic amines is 1. The maximum absolute atomic E-state index is 10.4. The molecule has 5 heteroatoms. The van der Waals surface area contributed by atoms with Crippen LogP contribution < -0.4 is 5.73 Å². The molecule has 2 rings (SSSR count). The van der Waals surface area contributed by atoms with Gasteiger partial charge in [-0.15, -0.1) is 0 Å². The Hall–Kier alpha value is -2.01. The Kier molecular flexibility index (Phi) is 3.25. The summed E-state index contributed by atoms with van der Waals surface area (Å²) >= 11 is 0. The van der Waals surface area contributed by atoms with Gasteiger partial charge in [-0.3, -0.25) is 5.10 Å². The standard InChI is InChI=1S/C13H18N4O/c1-8-4-5-9(11-6-12(14)16-15-11)13(18)10(8)7-17(2)3/h4-6,18H,7H2,1-3H3,(H3,14,15,16). The van der Waals surface area contributed by atoms with Crippen molar-refractivity contribution in [3.05, 3.63) is 29.3 Å². The van der Waals surface area contributed by atoms with Gasteiger partial charge in [-0.2, -0.15) is 5.10 Å². The van der Waals surface area contributed by atoms with E-state index in [-0.39, 0.29) is 5.75 Å². The van der Waals surface area contributed by atoms with Gasteiger partial charge < -0.3 is 15.7 Å². The number of nitrogens with two attached hydrogens (primary N) is 1. The second-order valence-corrected chi connectivity index (χ2v) is 4.70. The fraction of sp³-hybridized carbons (Fsp3) is 0.308. The lowest BCUT2D eigenvalue weighted by atomic mass is 10.0.